The van der Waals surface area contributed by atoms with Crippen molar-refractivity contribution in [1.82, 2.24) is 10.2 Å². The molecule has 33 heavy (non-hydrogen) atoms. The summed E-state index contributed by atoms with van der Waals surface area (Å²) in [5.74, 6) is 0.549. The predicted octanol–water partition coefficient (Wildman–Crippen LogP) is 6.12. The van der Waals surface area contributed by atoms with Crippen molar-refractivity contribution in [3.63, 3.8) is 0 Å². The van der Waals surface area contributed by atoms with Crippen LogP contribution in [0, 0.1) is 0 Å². The number of carbonyl (C=O) groups excluding carboxylic acids is 1. The average molecular weight is 449 g/mol. The van der Waals surface area contributed by atoms with Crippen LogP contribution in [0.4, 0.5) is 0 Å². The molecule has 1 saturated carbocycles. The summed E-state index contributed by atoms with van der Waals surface area (Å²) >= 11 is 0. The van der Waals surface area contributed by atoms with E-state index in [0.29, 0.717) is 12.2 Å². The molecule has 0 atom stereocenters. The van der Waals surface area contributed by atoms with Crippen molar-refractivity contribution in [3.05, 3.63) is 59.7 Å². The molecule has 3 aromatic rings. The minimum Gasteiger partial charge on any atom is -0.467 e. The summed E-state index contributed by atoms with van der Waals surface area (Å²) in [7, 11) is 1.38. The van der Waals surface area contributed by atoms with Crippen molar-refractivity contribution < 1.29 is 19.0 Å². The summed E-state index contributed by atoms with van der Waals surface area (Å²) in [5.41, 5.74) is 5.60. The van der Waals surface area contributed by atoms with Gasteiger partial charge < -0.3 is 14.2 Å². The van der Waals surface area contributed by atoms with Gasteiger partial charge in [0.25, 0.3) is 0 Å². The number of aromatic nitrogens is 2. The topological polar surface area (TPSA) is 73.4 Å². The van der Waals surface area contributed by atoms with E-state index in [1.807, 2.05) is 31.2 Å². The van der Waals surface area contributed by atoms with Crippen LogP contribution in [0.2, 0.25) is 0 Å². The normalized spacial score (nSPS) is 15.2. The molecule has 1 aliphatic carbocycles. The average Bonchev–Trinajstić information content (AvgIpc) is 3.35. The van der Waals surface area contributed by atoms with Gasteiger partial charge in [-0.3, -0.25) is 5.10 Å². The Kier molecular flexibility index (Phi) is 7.14. The Morgan fingerprint density at radius 1 is 1.03 bits per heavy atom. The van der Waals surface area contributed by atoms with Crippen molar-refractivity contribution in [2.24, 2.45) is 0 Å². The highest BCUT2D eigenvalue weighted by atomic mass is 16.7. The fraction of sp³-hybridized carbons (Fsp3) is 0.407. The minimum absolute atomic E-state index is 0.0820. The third-order valence-corrected chi connectivity index (χ3v) is 6.58. The van der Waals surface area contributed by atoms with E-state index in [9.17, 15) is 4.79 Å². The molecule has 6 heteroatoms. The molecule has 0 bridgehead atoms. The van der Waals surface area contributed by atoms with Gasteiger partial charge in [0.2, 0.25) is 0 Å². The van der Waals surface area contributed by atoms with Crippen LogP contribution >= 0.6 is 0 Å². The van der Waals surface area contributed by atoms with Crippen molar-refractivity contribution in [2.45, 2.75) is 51.4 Å². The molecule has 1 heterocycles. The van der Waals surface area contributed by atoms with E-state index in [1.165, 1.54) is 31.9 Å². The lowest BCUT2D eigenvalue weighted by atomic mass is 9.70. The van der Waals surface area contributed by atoms with Gasteiger partial charge in [0.15, 0.2) is 6.79 Å². The van der Waals surface area contributed by atoms with E-state index in [4.69, 9.17) is 14.2 Å². The SMILES string of the molecule is CCOCOc1ccc(-c2cc(-c3ccc(C(=O)OC)cc3)[nH]n2)cc1C1(C)CCCCC1. The van der Waals surface area contributed by atoms with Gasteiger partial charge in [-0.25, -0.2) is 4.79 Å². The summed E-state index contributed by atoms with van der Waals surface area (Å²) < 4.78 is 16.2. The molecule has 1 fully saturated rings. The lowest BCUT2D eigenvalue weighted by Crippen LogP contribution is -2.26. The monoisotopic (exact) mass is 448 g/mol. The summed E-state index contributed by atoms with van der Waals surface area (Å²) in [4.78, 5) is 11.7. The van der Waals surface area contributed by atoms with E-state index in [0.717, 1.165) is 41.1 Å². The molecule has 4 rings (SSSR count). The molecule has 0 saturated heterocycles. The predicted molar refractivity (Wildman–Crippen MR) is 128 cm³/mol. The molecule has 1 aliphatic rings. The zero-order valence-electron chi connectivity index (χ0n) is 19.6. The van der Waals surface area contributed by atoms with E-state index in [-0.39, 0.29) is 18.2 Å². The van der Waals surface area contributed by atoms with Crippen LogP contribution < -0.4 is 4.74 Å². The molecule has 2 aromatic carbocycles. The second-order valence-electron chi connectivity index (χ2n) is 8.82. The Labute approximate surface area is 195 Å². The second-order valence-corrected chi connectivity index (χ2v) is 8.82. The first-order chi connectivity index (χ1) is 16.0. The van der Waals surface area contributed by atoms with Crippen molar-refractivity contribution in [1.29, 1.82) is 0 Å². The van der Waals surface area contributed by atoms with Crippen LogP contribution in [0.1, 0.15) is 61.9 Å². The number of methoxy groups -OCH3 is 1. The van der Waals surface area contributed by atoms with E-state index < -0.39 is 0 Å². The highest BCUT2D eigenvalue weighted by Crippen LogP contribution is 2.44. The van der Waals surface area contributed by atoms with Crippen LogP contribution in [0.25, 0.3) is 22.5 Å². The molecule has 1 N–H and O–H groups in total. The van der Waals surface area contributed by atoms with E-state index in [1.54, 1.807) is 12.1 Å². The molecule has 0 radical (unpaired) electrons. The van der Waals surface area contributed by atoms with Crippen LogP contribution in [-0.4, -0.2) is 36.7 Å². The molecule has 0 unspecified atom stereocenters. The maximum atomic E-state index is 11.7. The standard InChI is InChI=1S/C27H32N2O4/c1-4-32-18-33-25-13-12-21(16-22(25)27(2)14-6-5-7-15-27)24-17-23(28-29-24)19-8-10-20(11-9-19)26(30)31-3/h8-13,16-17H,4-7,14-15,18H2,1-3H3,(H,28,29). The number of carbonyl (C=O) groups is 1. The maximum Gasteiger partial charge on any atom is 0.337 e. The van der Waals surface area contributed by atoms with Gasteiger partial charge in [0.05, 0.1) is 24.1 Å². The van der Waals surface area contributed by atoms with Crippen molar-refractivity contribution in [3.8, 4) is 28.3 Å². The minimum atomic E-state index is -0.345. The Morgan fingerprint density at radius 2 is 1.76 bits per heavy atom. The van der Waals surface area contributed by atoms with Gasteiger partial charge in [-0.05, 0) is 67.1 Å². The summed E-state index contributed by atoms with van der Waals surface area (Å²) in [6.07, 6.45) is 6.07. The lowest BCUT2D eigenvalue weighted by molar-refractivity contribution is 0.0209. The van der Waals surface area contributed by atoms with Crippen molar-refractivity contribution >= 4 is 5.97 Å². The molecule has 0 spiro atoms. The number of benzene rings is 2. The van der Waals surface area contributed by atoms with Crippen LogP contribution in [0.5, 0.6) is 5.75 Å². The second kappa shape index (κ2) is 10.2. The molecule has 1 aromatic heterocycles. The number of esters is 1. The number of nitrogens with zero attached hydrogens (tertiary/aromatic N) is 1. The molecular formula is C27H32N2O4. The zero-order chi connectivity index (χ0) is 23.3. The third kappa shape index (κ3) is 5.11. The quantitative estimate of drug-likeness (QED) is 0.255. The van der Waals surface area contributed by atoms with Crippen molar-refractivity contribution in [2.75, 3.05) is 20.5 Å². The van der Waals surface area contributed by atoms with Gasteiger partial charge in [-0.1, -0.05) is 38.3 Å². The van der Waals surface area contributed by atoms with Gasteiger partial charge in [0, 0.05) is 17.7 Å². The summed E-state index contributed by atoms with van der Waals surface area (Å²) in [5, 5.41) is 7.70. The molecule has 0 aliphatic heterocycles. The van der Waals surface area contributed by atoms with Crippen LogP contribution in [0.3, 0.4) is 0 Å². The van der Waals surface area contributed by atoms with Gasteiger partial charge in [-0.2, -0.15) is 5.10 Å². The molecular weight excluding hydrogens is 416 g/mol. The molecule has 0 amide bonds. The number of ether oxygens (including phenoxy) is 3. The largest absolute Gasteiger partial charge is 0.467 e. The molecule has 174 valence electrons. The Bertz CT molecular complexity index is 1080. The fourth-order valence-electron chi connectivity index (χ4n) is 4.60. The number of H-pyrrole nitrogens is 1. The summed E-state index contributed by atoms with van der Waals surface area (Å²) in [6, 6.07) is 15.7. The third-order valence-electron chi connectivity index (χ3n) is 6.58. The van der Waals surface area contributed by atoms with Gasteiger partial charge in [0.1, 0.15) is 5.75 Å². The molecule has 6 nitrogen and oxygen atoms in total. The van der Waals surface area contributed by atoms with Crippen LogP contribution in [-0.2, 0) is 14.9 Å². The number of nitrogens with one attached hydrogen (secondary N) is 1. The number of hydrogen-bond donors (Lipinski definition) is 1. The number of aromatic amines is 1. The first-order valence-electron chi connectivity index (χ1n) is 11.6. The first-order valence-corrected chi connectivity index (χ1v) is 11.6. The number of hydrogen-bond acceptors (Lipinski definition) is 5. The Morgan fingerprint density at radius 3 is 2.45 bits per heavy atom. The van der Waals surface area contributed by atoms with Gasteiger partial charge >= 0.3 is 5.97 Å². The highest BCUT2D eigenvalue weighted by molar-refractivity contribution is 5.89. The van der Waals surface area contributed by atoms with Gasteiger partial charge in [-0.15, -0.1) is 0 Å². The Hall–Kier alpha value is -3.12. The zero-order valence-corrected chi connectivity index (χ0v) is 19.6. The van der Waals surface area contributed by atoms with E-state index >= 15 is 0 Å². The van der Waals surface area contributed by atoms with Crippen LogP contribution in [0.15, 0.2) is 48.5 Å². The lowest BCUT2D eigenvalue weighted by Gasteiger charge is -2.35. The first kappa shape index (κ1) is 23.1. The summed E-state index contributed by atoms with van der Waals surface area (Å²) in [6.45, 7) is 5.19. The van der Waals surface area contributed by atoms with E-state index in [2.05, 4.69) is 29.3 Å². The highest BCUT2D eigenvalue weighted by Gasteiger charge is 2.32. The maximum absolute atomic E-state index is 11.7. The number of rotatable bonds is 8. The smallest absolute Gasteiger partial charge is 0.337 e. The fourth-order valence-corrected chi connectivity index (χ4v) is 4.60. The Balaban J connectivity index is 1.63.